The minimum Gasteiger partial charge on any atom is -0.465 e. The van der Waals surface area contributed by atoms with Gasteiger partial charge in [-0.05, 0) is 45.1 Å². The Bertz CT molecular complexity index is 705. The van der Waals surface area contributed by atoms with E-state index in [-0.39, 0.29) is 23.3 Å². The molecular formula is C24H38O7. The van der Waals surface area contributed by atoms with E-state index in [1.807, 2.05) is 39.8 Å². The molecule has 31 heavy (non-hydrogen) atoms. The molecule has 0 aliphatic heterocycles. The number of hydrogen-bond acceptors (Lipinski definition) is 7. The summed E-state index contributed by atoms with van der Waals surface area (Å²) in [4.78, 5) is 50.8. The van der Waals surface area contributed by atoms with Crippen LogP contribution in [0.4, 0.5) is 0 Å². The van der Waals surface area contributed by atoms with Crippen molar-refractivity contribution in [3.05, 3.63) is 23.3 Å². The fourth-order valence-corrected chi connectivity index (χ4v) is 3.52. The van der Waals surface area contributed by atoms with Gasteiger partial charge in [0.15, 0.2) is 5.78 Å². The first kappa shape index (κ1) is 30.7. The first-order chi connectivity index (χ1) is 14.2. The van der Waals surface area contributed by atoms with E-state index in [0.29, 0.717) is 24.4 Å². The van der Waals surface area contributed by atoms with Crippen LogP contribution in [0, 0.1) is 16.7 Å². The summed E-state index contributed by atoms with van der Waals surface area (Å²) in [6.45, 7) is 18.1. The Morgan fingerprint density at radius 1 is 1.13 bits per heavy atom. The van der Waals surface area contributed by atoms with Gasteiger partial charge < -0.3 is 9.47 Å². The topological polar surface area (TPSA) is 104 Å². The quantitative estimate of drug-likeness (QED) is 0.328. The summed E-state index contributed by atoms with van der Waals surface area (Å²) in [7, 11) is 0. The second kappa shape index (κ2) is 14.5. The molecule has 0 aromatic rings. The number of Topliss-reactive ketones (excluding diaryl/α,β-unsaturated/α-hetero) is 1. The molecule has 0 aromatic carbocycles. The van der Waals surface area contributed by atoms with E-state index in [9.17, 15) is 14.4 Å². The van der Waals surface area contributed by atoms with Crippen LogP contribution in [-0.2, 0) is 33.4 Å². The van der Waals surface area contributed by atoms with E-state index >= 15 is 0 Å². The minimum absolute atomic E-state index is 0.0889. The first-order valence-corrected chi connectivity index (χ1v) is 10.5. The van der Waals surface area contributed by atoms with Crippen LogP contribution in [0.3, 0.4) is 0 Å². The number of allylic oxidation sites excluding steroid dienone is 3. The lowest BCUT2D eigenvalue weighted by molar-refractivity contribution is -0.191. The highest BCUT2D eigenvalue weighted by Crippen LogP contribution is 2.38. The van der Waals surface area contributed by atoms with Crippen molar-refractivity contribution in [2.45, 2.75) is 75.2 Å². The summed E-state index contributed by atoms with van der Waals surface area (Å²) >= 11 is 0. The average molecular weight is 439 g/mol. The Morgan fingerprint density at radius 2 is 1.61 bits per heavy atom. The predicted molar refractivity (Wildman–Crippen MR) is 117 cm³/mol. The molecule has 1 aliphatic carbocycles. The number of ketones is 1. The van der Waals surface area contributed by atoms with Crippen LogP contribution >= 0.6 is 0 Å². The molecule has 0 aromatic heterocycles. The Balaban J connectivity index is 0. The molecule has 1 unspecified atom stereocenters. The van der Waals surface area contributed by atoms with E-state index in [2.05, 4.69) is 20.8 Å². The van der Waals surface area contributed by atoms with Crippen molar-refractivity contribution >= 4 is 23.9 Å². The molecule has 1 atom stereocenters. The largest absolute Gasteiger partial charge is 0.465 e. The zero-order valence-corrected chi connectivity index (χ0v) is 20.4. The smallest absolute Gasteiger partial charge is 0.373 e. The van der Waals surface area contributed by atoms with Gasteiger partial charge in [0.2, 0.25) is 0 Å². The lowest BCUT2D eigenvalue weighted by atomic mass is 9.81. The zero-order valence-electron chi connectivity index (χ0n) is 20.4. The standard InChI is InChI=1S/C12H22O2.C11H16O3.CO2/c1-6-8-12(4,5)9-10(3)11(13)14-7-2;1-5-14-10(13)8-9(12)7(2)6-11(8,3)4;2-1-3/h9H,6-8H2,1-5H3;6,8H,5H2,1-4H3;. The lowest BCUT2D eigenvalue weighted by Crippen LogP contribution is -2.33. The maximum Gasteiger partial charge on any atom is 0.373 e. The zero-order chi connectivity index (χ0) is 24.8. The number of esters is 2. The summed E-state index contributed by atoms with van der Waals surface area (Å²) in [5.74, 6) is -1.36. The van der Waals surface area contributed by atoms with Gasteiger partial charge in [-0.2, -0.15) is 9.59 Å². The SMILES string of the molecule is CCCC(C)(C)C=C(C)C(=O)OCC.CCOC(=O)C1C(=O)C(C)=CC1(C)C.O=C=O. The van der Waals surface area contributed by atoms with Gasteiger partial charge >= 0.3 is 18.1 Å². The van der Waals surface area contributed by atoms with Crippen LogP contribution < -0.4 is 0 Å². The minimum atomic E-state index is -0.651. The maximum atomic E-state index is 11.7. The molecule has 0 saturated heterocycles. The summed E-state index contributed by atoms with van der Waals surface area (Å²) < 4.78 is 9.81. The third-order valence-corrected chi connectivity index (χ3v) is 4.60. The summed E-state index contributed by atoms with van der Waals surface area (Å²) in [5, 5.41) is 0. The van der Waals surface area contributed by atoms with Crippen molar-refractivity contribution in [2.75, 3.05) is 13.2 Å². The van der Waals surface area contributed by atoms with Crippen molar-refractivity contribution in [2.24, 2.45) is 16.7 Å². The molecule has 0 heterocycles. The predicted octanol–water partition coefficient (Wildman–Crippen LogP) is 4.46. The Labute approximate surface area is 186 Å². The van der Waals surface area contributed by atoms with Crippen molar-refractivity contribution in [3.63, 3.8) is 0 Å². The number of carbonyl (C=O) groups is 3. The van der Waals surface area contributed by atoms with E-state index in [1.165, 1.54) is 0 Å². The molecule has 0 radical (unpaired) electrons. The second-order valence-electron chi connectivity index (χ2n) is 8.57. The monoisotopic (exact) mass is 438 g/mol. The molecule has 176 valence electrons. The van der Waals surface area contributed by atoms with Crippen LogP contribution in [0.1, 0.15) is 75.2 Å². The molecular weight excluding hydrogens is 400 g/mol. The van der Waals surface area contributed by atoms with Gasteiger partial charge in [0.05, 0.1) is 13.2 Å². The van der Waals surface area contributed by atoms with Crippen LogP contribution in [0.2, 0.25) is 0 Å². The number of rotatable bonds is 7. The van der Waals surface area contributed by atoms with Gasteiger partial charge in [0.1, 0.15) is 5.92 Å². The lowest BCUT2D eigenvalue weighted by Gasteiger charge is -2.22. The Hall–Kier alpha value is -2.53. The molecule has 1 aliphatic rings. The molecule has 0 bridgehead atoms. The molecule has 0 spiro atoms. The number of hydrogen-bond donors (Lipinski definition) is 0. The van der Waals surface area contributed by atoms with Crippen LogP contribution in [-0.4, -0.2) is 37.1 Å². The van der Waals surface area contributed by atoms with Crippen molar-refractivity contribution < 1.29 is 33.4 Å². The highest BCUT2D eigenvalue weighted by molar-refractivity contribution is 6.11. The van der Waals surface area contributed by atoms with E-state index < -0.39 is 17.3 Å². The average Bonchev–Trinajstić information content (AvgIpc) is 2.83. The Kier molecular flexibility index (Phi) is 14.3. The molecule has 0 amide bonds. The van der Waals surface area contributed by atoms with Gasteiger partial charge in [-0.15, -0.1) is 0 Å². The third kappa shape index (κ3) is 11.4. The van der Waals surface area contributed by atoms with Gasteiger partial charge in [0, 0.05) is 11.0 Å². The van der Waals surface area contributed by atoms with Crippen molar-refractivity contribution in [1.82, 2.24) is 0 Å². The van der Waals surface area contributed by atoms with Crippen LogP contribution in [0.15, 0.2) is 23.3 Å². The second-order valence-corrected chi connectivity index (χ2v) is 8.57. The third-order valence-electron chi connectivity index (χ3n) is 4.60. The maximum absolute atomic E-state index is 11.7. The van der Waals surface area contributed by atoms with Crippen molar-refractivity contribution in [3.8, 4) is 0 Å². The van der Waals surface area contributed by atoms with Crippen LogP contribution in [0.5, 0.6) is 0 Å². The molecule has 1 rings (SSSR count). The molecule has 7 heteroatoms. The van der Waals surface area contributed by atoms with Crippen molar-refractivity contribution in [1.29, 1.82) is 0 Å². The van der Waals surface area contributed by atoms with E-state index in [0.717, 1.165) is 12.8 Å². The van der Waals surface area contributed by atoms with Gasteiger partial charge in [-0.3, -0.25) is 9.59 Å². The van der Waals surface area contributed by atoms with E-state index in [4.69, 9.17) is 19.1 Å². The number of ether oxygens (including phenoxy) is 2. The fraction of sp³-hybridized carbons (Fsp3) is 0.667. The molecule has 7 nitrogen and oxygen atoms in total. The number of carbonyl (C=O) groups excluding carboxylic acids is 5. The summed E-state index contributed by atoms with van der Waals surface area (Å²) in [6.07, 6.45) is 6.31. The summed E-state index contributed by atoms with van der Waals surface area (Å²) in [5.41, 5.74) is 1.05. The molecule has 0 fully saturated rings. The first-order valence-electron chi connectivity index (χ1n) is 10.5. The van der Waals surface area contributed by atoms with Gasteiger partial charge in [-0.25, -0.2) is 4.79 Å². The Morgan fingerprint density at radius 3 is 1.97 bits per heavy atom. The van der Waals surface area contributed by atoms with Gasteiger partial charge in [-0.1, -0.05) is 53.2 Å². The fourth-order valence-electron chi connectivity index (χ4n) is 3.52. The highest BCUT2D eigenvalue weighted by atomic mass is 16.5. The van der Waals surface area contributed by atoms with Gasteiger partial charge in [0.25, 0.3) is 0 Å². The highest BCUT2D eigenvalue weighted by Gasteiger charge is 2.45. The van der Waals surface area contributed by atoms with Crippen LogP contribution in [0.25, 0.3) is 0 Å². The molecule has 0 saturated carbocycles. The van der Waals surface area contributed by atoms with E-state index in [1.54, 1.807) is 13.8 Å². The summed E-state index contributed by atoms with van der Waals surface area (Å²) in [6, 6.07) is 0. The normalized spacial score (nSPS) is 17.2. The molecule has 0 N–H and O–H groups in total.